The fraction of sp³-hybridized carbons (Fsp3) is 0.286. The summed E-state index contributed by atoms with van der Waals surface area (Å²) in [5.41, 5.74) is 1.46. The second-order valence-electron chi connectivity index (χ2n) is 3.63. The van der Waals surface area contributed by atoms with Crippen molar-refractivity contribution in [2.45, 2.75) is 27.2 Å². The van der Waals surface area contributed by atoms with Crippen molar-refractivity contribution in [3.8, 4) is 6.07 Å². The van der Waals surface area contributed by atoms with E-state index < -0.39 is 0 Å². The molecule has 0 spiro atoms. The predicted molar refractivity (Wildman–Crippen MR) is 68.9 cm³/mol. The van der Waals surface area contributed by atoms with Crippen LogP contribution in [0.4, 0.5) is 4.39 Å². The number of hydrogen-bond donors (Lipinski definition) is 1. The van der Waals surface area contributed by atoms with Crippen molar-refractivity contribution in [2.24, 2.45) is 0 Å². The highest BCUT2D eigenvalue weighted by Gasteiger charge is 2.10. The highest BCUT2D eigenvalue weighted by atomic mass is 19.1. The molecule has 0 radical (unpaired) electrons. The fourth-order valence-corrected chi connectivity index (χ4v) is 1.59. The molecule has 18 heavy (non-hydrogen) atoms. The molecule has 3 nitrogen and oxygen atoms in total. The summed E-state index contributed by atoms with van der Waals surface area (Å²) < 4.78 is 13.2. The van der Waals surface area contributed by atoms with E-state index in [2.05, 4.69) is 4.98 Å². The number of aryl methyl sites for hydroxylation is 1. The Bertz CT molecular complexity index is 569. The van der Waals surface area contributed by atoms with Crippen molar-refractivity contribution in [3.05, 3.63) is 35.3 Å². The average Bonchev–Trinajstić information content (AvgIpc) is 2.76. The van der Waals surface area contributed by atoms with Crippen LogP contribution < -0.4 is 0 Å². The van der Waals surface area contributed by atoms with E-state index in [-0.39, 0.29) is 18.0 Å². The molecule has 1 N–H and O–H groups in total. The second-order valence-corrected chi connectivity index (χ2v) is 3.63. The molecule has 0 saturated heterocycles. The van der Waals surface area contributed by atoms with Gasteiger partial charge in [-0.25, -0.2) is 4.39 Å². The number of benzene rings is 1. The Morgan fingerprint density at radius 2 is 2.06 bits per heavy atom. The molecule has 0 fully saturated rings. The molecule has 1 aromatic heterocycles. The Kier molecular flexibility index (Phi) is 4.61. The van der Waals surface area contributed by atoms with Crippen LogP contribution in [0.2, 0.25) is 0 Å². The zero-order chi connectivity index (χ0) is 13.7. The van der Waals surface area contributed by atoms with Gasteiger partial charge < -0.3 is 4.98 Å². The van der Waals surface area contributed by atoms with Gasteiger partial charge in [-0.2, -0.15) is 5.26 Å². The van der Waals surface area contributed by atoms with Gasteiger partial charge in [0, 0.05) is 10.9 Å². The van der Waals surface area contributed by atoms with E-state index in [1.54, 1.807) is 25.1 Å². The molecule has 0 atom stereocenters. The number of rotatable bonds is 2. The quantitative estimate of drug-likeness (QED) is 0.820. The van der Waals surface area contributed by atoms with E-state index in [1.165, 1.54) is 6.07 Å². The number of H-pyrrole nitrogens is 1. The van der Waals surface area contributed by atoms with Crippen molar-refractivity contribution >= 4 is 16.7 Å². The van der Waals surface area contributed by atoms with Gasteiger partial charge in [0.1, 0.15) is 12.2 Å². The molecule has 0 saturated carbocycles. The SMILES string of the molecule is CC.Cc1cc2cc(C(=O)CC#N)[nH]c2cc1F. The molecule has 0 amide bonds. The van der Waals surface area contributed by atoms with Crippen LogP contribution in [-0.2, 0) is 0 Å². The van der Waals surface area contributed by atoms with Gasteiger partial charge in [0.25, 0.3) is 0 Å². The molecule has 1 aromatic carbocycles. The number of hydrogen-bond acceptors (Lipinski definition) is 2. The molecule has 2 aromatic rings. The van der Waals surface area contributed by atoms with Crippen LogP contribution in [0.1, 0.15) is 36.3 Å². The lowest BCUT2D eigenvalue weighted by Gasteiger charge is -1.95. The Balaban J connectivity index is 0.000000771. The van der Waals surface area contributed by atoms with Crippen LogP contribution in [-0.4, -0.2) is 10.8 Å². The molecule has 2 rings (SSSR count). The van der Waals surface area contributed by atoms with Gasteiger partial charge in [-0.05, 0) is 30.7 Å². The zero-order valence-electron chi connectivity index (χ0n) is 10.7. The number of nitrogens with zero attached hydrogens (tertiary/aromatic N) is 1. The topological polar surface area (TPSA) is 56.6 Å². The first-order valence-electron chi connectivity index (χ1n) is 5.81. The first-order valence-corrected chi connectivity index (χ1v) is 5.81. The Hall–Kier alpha value is -2.15. The van der Waals surface area contributed by atoms with Crippen molar-refractivity contribution in [1.82, 2.24) is 4.98 Å². The number of nitriles is 1. The van der Waals surface area contributed by atoms with Gasteiger partial charge in [-0.1, -0.05) is 13.8 Å². The summed E-state index contributed by atoms with van der Waals surface area (Å²) >= 11 is 0. The summed E-state index contributed by atoms with van der Waals surface area (Å²) in [5, 5.41) is 9.19. The van der Waals surface area contributed by atoms with E-state index in [9.17, 15) is 9.18 Å². The lowest BCUT2D eigenvalue weighted by molar-refractivity contribution is 0.0994. The third-order valence-corrected chi connectivity index (χ3v) is 2.44. The summed E-state index contributed by atoms with van der Waals surface area (Å²) in [6, 6.07) is 6.46. The number of carbonyl (C=O) groups is 1. The highest BCUT2D eigenvalue weighted by Crippen LogP contribution is 2.20. The van der Waals surface area contributed by atoms with E-state index >= 15 is 0 Å². The first-order chi connectivity index (χ1) is 8.61. The predicted octanol–water partition coefficient (Wildman–Crippen LogP) is 3.74. The molecular formula is C14H15FN2O. The number of carbonyl (C=O) groups excluding carboxylic acids is 1. The molecule has 0 aliphatic carbocycles. The minimum Gasteiger partial charge on any atom is -0.352 e. The van der Waals surface area contributed by atoms with Gasteiger partial charge >= 0.3 is 0 Å². The number of nitrogens with one attached hydrogen (secondary N) is 1. The standard InChI is InChI=1S/C12H9FN2O.C2H6/c1-7-4-8-5-11(12(16)2-3-14)15-10(8)6-9(7)13;1-2/h4-6,15H,2H2,1H3;1-2H3. The molecule has 0 aliphatic rings. The minimum absolute atomic E-state index is 0.172. The molecule has 1 heterocycles. The summed E-state index contributed by atoms with van der Waals surface area (Å²) in [7, 11) is 0. The van der Waals surface area contributed by atoms with Crippen LogP contribution >= 0.6 is 0 Å². The highest BCUT2D eigenvalue weighted by molar-refractivity contribution is 6.00. The van der Waals surface area contributed by atoms with E-state index in [4.69, 9.17) is 5.26 Å². The fourth-order valence-electron chi connectivity index (χ4n) is 1.59. The molecular weight excluding hydrogens is 231 g/mol. The Labute approximate surface area is 105 Å². The van der Waals surface area contributed by atoms with E-state index in [0.29, 0.717) is 16.8 Å². The summed E-state index contributed by atoms with van der Waals surface area (Å²) in [6.07, 6.45) is -0.172. The molecule has 4 heteroatoms. The molecule has 0 unspecified atom stereocenters. The number of fused-ring (bicyclic) bond motifs is 1. The Morgan fingerprint density at radius 3 is 2.67 bits per heavy atom. The number of ketones is 1. The van der Waals surface area contributed by atoms with E-state index in [1.807, 2.05) is 13.8 Å². The average molecular weight is 246 g/mol. The van der Waals surface area contributed by atoms with Crippen LogP contribution in [0.3, 0.4) is 0 Å². The van der Waals surface area contributed by atoms with Gasteiger partial charge in [0.15, 0.2) is 5.78 Å². The van der Waals surface area contributed by atoms with Crippen molar-refractivity contribution in [1.29, 1.82) is 5.26 Å². The number of aromatic amines is 1. The monoisotopic (exact) mass is 246 g/mol. The van der Waals surface area contributed by atoms with Crippen LogP contribution in [0, 0.1) is 24.1 Å². The maximum atomic E-state index is 13.2. The molecule has 0 bridgehead atoms. The lowest BCUT2D eigenvalue weighted by Crippen LogP contribution is -1.96. The first kappa shape index (κ1) is 13.9. The summed E-state index contributed by atoms with van der Waals surface area (Å²) in [4.78, 5) is 14.2. The van der Waals surface area contributed by atoms with Crippen molar-refractivity contribution in [2.75, 3.05) is 0 Å². The van der Waals surface area contributed by atoms with Crippen LogP contribution in [0.25, 0.3) is 10.9 Å². The summed E-state index contributed by atoms with van der Waals surface area (Å²) in [6.45, 7) is 5.67. The van der Waals surface area contributed by atoms with Gasteiger partial charge in [-0.15, -0.1) is 0 Å². The van der Waals surface area contributed by atoms with Crippen molar-refractivity contribution < 1.29 is 9.18 Å². The number of aromatic nitrogens is 1. The van der Waals surface area contributed by atoms with Crippen LogP contribution in [0.5, 0.6) is 0 Å². The van der Waals surface area contributed by atoms with Gasteiger partial charge in [0.2, 0.25) is 0 Å². The van der Waals surface area contributed by atoms with Gasteiger partial charge in [0.05, 0.1) is 11.8 Å². The zero-order valence-corrected chi connectivity index (χ0v) is 10.7. The maximum Gasteiger partial charge on any atom is 0.193 e. The normalized spacial score (nSPS) is 9.50. The number of Topliss-reactive ketones (excluding diaryl/α,β-unsaturated/α-hetero) is 1. The smallest absolute Gasteiger partial charge is 0.193 e. The number of halogens is 1. The van der Waals surface area contributed by atoms with Gasteiger partial charge in [-0.3, -0.25) is 4.79 Å². The lowest BCUT2D eigenvalue weighted by atomic mass is 10.1. The largest absolute Gasteiger partial charge is 0.352 e. The Morgan fingerprint density at radius 1 is 1.39 bits per heavy atom. The van der Waals surface area contributed by atoms with E-state index in [0.717, 1.165) is 5.39 Å². The van der Waals surface area contributed by atoms with Crippen LogP contribution in [0.15, 0.2) is 18.2 Å². The third kappa shape index (κ3) is 2.75. The minimum atomic E-state index is -0.311. The van der Waals surface area contributed by atoms with Crippen molar-refractivity contribution in [3.63, 3.8) is 0 Å². The maximum absolute atomic E-state index is 13.2. The summed E-state index contributed by atoms with van der Waals surface area (Å²) in [5.74, 6) is -0.592. The molecule has 0 aliphatic heterocycles. The third-order valence-electron chi connectivity index (χ3n) is 2.44. The second kappa shape index (κ2) is 5.97. The molecule has 94 valence electrons.